The number of hydrogen-bond donors (Lipinski definition) is 1. The Morgan fingerprint density at radius 2 is 1.67 bits per heavy atom. The Morgan fingerprint density at radius 1 is 1.04 bits per heavy atom. The molecule has 27 heavy (non-hydrogen) atoms. The lowest BCUT2D eigenvalue weighted by molar-refractivity contribution is -0.141. The Labute approximate surface area is 161 Å². The summed E-state index contributed by atoms with van der Waals surface area (Å²) in [6.07, 6.45) is 2.15. The molecule has 1 atom stereocenters. The van der Waals surface area contributed by atoms with Gasteiger partial charge in [-0.3, -0.25) is 4.79 Å². The van der Waals surface area contributed by atoms with Gasteiger partial charge in [-0.25, -0.2) is 0 Å². The van der Waals surface area contributed by atoms with Crippen molar-refractivity contribution in [2.75, 3.05) is 26.2 Å². The van der Waals surface area contributed by atoms with E-state index >= 15 is 0 Å². The van der Waals surface area contributed by atoms with Crippen LogP contribution in [-0.4, -0.2) is 43.2 Å². The highest BCUT2D eigenvalue weighted by Crippen LogP contribution is 2.26. The van der Waals surface area contributed by atoms with Gasteiger partial charge < -0.3 is 20.1 Å². The fourth-order valence-electron chi connectivity index (χ4n) is 3.27. The Hall–Kier alpha value is -2.37. The maximum absolute atomic E-state index is 13.2. The number of piperidine rings is 1. The molecule has 144 valence electrons. The van der Waals surface area contributed by atoms with Crippen LogP contribution in [0.3, 0.4) is 0 Å². The Balaban J connectivity index is 1.65. The average Bonchev–Trinajstić information content (AvgIpc) is 2.74. The minimum atomic E-state index is -0.636. The number of hydrogen-bond acceptors (Lipinski definition) is 4. The summed E-state index contributed by atoms with van der Waals surface area (Å²) >= 11 is 0. The maximum atomic E-state index is 13.2. The van der Waals surface area contributed by atoms with Crippen molar-refractivity contribution < 1.29 is 14.3 Å². The Bertz CT molecular complexity index is 685. The van der Waals surface area contributed by atoms with Gasteiger partial charge in [-0.05, 0) is 37.9 Å². The number of benzene rings is 2. The van der Waals surface area contributed by atoms with Crippen LogP contribution in [0, 0.1) is 0 Å². The summed E-state index contributed by atoms with van der Waals surface area (Å²) in [5.74, 6) is 0.699. The van der Waals surface area contributed by atoms with Crippen LogP contribution >= 0.6 is 0 Å². The quantitative estimate of drug-likeness (QED) is 0.727. The summed E-state index contributed by atoms with van der Waals surface area (Å²) in [6, 6.07) is 19.2. The van der Waals surface area contributed by atoms with Crippen molar-refractivity contribution in [2.45, 2.75) is 31.5 Å². The van der Waals surface area contributed by atoms with Gasteiger partial charge in [0.1, 0.15) is 5.75 Å². The van der Waals surface area contributed by atoms with Crippen molar-refractivity contribution in [2.24, 2.45) is 5.73 Å². The second-order valence-electron chi connectivity index (χ2n) is 6.76. The fourth-order valence-corrected chi connectivity index (χ4v) is 3.27. The van der Waals surface area contributed by atoms with Gasteiger partial charge in [0, 0.05) is 25.3 Å². The summed E-state index contributed by atoms with van der Waals surface area (Å²) in [7, 11) is 0. The molecule has 5 nitrogen and oxygen atoms in total. The molecule has 2 aromatic rings. The van der Waals surface area contributed by atoms with Gasteiger partial charge in [-0.1, -0.05) is 48.5 Å². The van der Waals surface area contributed by atoms with E-state index in [2.05, 4.69) is 0 Å². The number of likely N-dealkylation sites (tertiary alicyclic amines) is 1. The number of nitrogens with two attached hydrogens (primary N) is 1. The predicted molar refractivity (Wildman–Crippen MR) is 105 cm³/mol. The topological polar surface area (TPSA) is 64.8 Å². The van der Waals surface area contributed by atoms with Gasteiger partial charge in [0.15, 0.2) is 0 Å². The summed E-state index contributed by atoms with van der Waals surface area (Å²) in [6.45, 7) is 2.72. The van der Waals surface area contributed by atoms with E-state index in [-0.39, 0.29) is 12.0 Å². The van der Waals surface area contributed by atoms with Crippen LogP contribution in [0.25, 0.3) is 0 Å². The molecule has 0 aromatic heterocycles. The van der Waals surface area contributed by atoms with Crippen molar-refractivity contribution in [3.05, 3.63) is 66.2 Å². The molecular weight excluding hydrogens is 340 g/mol. The largest absolute Gasteiger partial charge is 0.476 e. The van der Waals surface area contributed by atoms with Crippen molar-refractivity contribution >= 4 is 5.91 Å². The van der Waals surface area contributed by atoms with Gasteiger partial charge in [0.2, 0.25) is 6.10 Å². The normalized spacial score (nSPS) is 16.1. The van der Waals surface area contributed by atoms with Crippen LogP contribution in [0.1, 0.15) is 30.9 Å². The molecule has 1 fully saturated rings. The molecule has 3 rings (SSSR count). The first-order chi connectivity index (χ1) is 13.3. The van der Waals surface area contributed by atoms with Gasteiger partial charge in [-0.2, -0.15) is 0 Å². The van der Waals surface area contributed by atoms with Gasteiger partial charge in [0.05, 0.1) is 6.10 Å². The molecule has 0 spiro atoms. The standard InChI is InChI=1S/C22H28N2O3/c23-14-7-17-26-19-12-15-24(16-13-19)22(25)21(18-8-3-1-4-9-18)27-20-10-5-2-6-11-20/h1-6,8-11,19,21H,7,12-17,23H2. The molecule has 5 heteroatoms. The van der Waals surface area contributed by atoms with Crippen molar-refractivity contribution in [3.63, 3.8) is 0 Å². The second kappa shape index (κ2) is 10.1. The first kappa shape index (κ1) is 19.4. The molecule has 1 saturated heterocycles. The summed E-state index contributed by atoms with van der Waals surface area (Å²) in [5, 5.41) is 0. The van der Waals surface area contributed by atoms with E-state index in [0.29, 0.717) is 32.0 Å². The van der Waals surface area contributed by atoms with Crippen LogP contribution in [0.2, 0.25) is 0 Å². The monoisotopic (exact) mass is 368 g/mol. The Morgan fingerprint density at radius 3 is 2.30 bits per heavy atom. The molecule has 1 unspecified atom stereocenters. The van der Waals surface area contributed by atoms with E-state index in [1.54, 1.807) is 0 Å². The number of para-hydroxylation sites is 1. The zero-order chi connectivity index (χ0) is 18.9. The number of carbonyl (C=O) groups excluding carboxylic acids is 1. The molecule has 1 amide bonds. The number of nitrogens with zero attached hydrogens (tertiary/aromatic N) is 1. The first-order valence-corrected chi connectivity index (χ1v) is 9.65. The van der Waals surface area contributed by atoms with Gasteiger partial charge in [0.25, 0.3) is 5.91 Å². The van der Waals surface area contributed by atoms with Gasteiger partial charge >= 0.3 is 0 Å². The van der Waals surface area contributed by atoms with Crippen LogP contribution in [0.4, 0.5) is 0 Å². The SMILES string of the molecule is NCCCOC1CCN(C(=O)C(Oc2ccccc2)c2ccccc2)CC1. The number of ether oxygens (including phenoxy) is 2. The maximum Gasteiger partial charge on any atom is 0.268 e. The first-order valence-electron chi connectivity index (χ1n) is 9.65. The lowest BCUT2D eigenvalue weighted by atomic mass is 10.0. The van der Waals surface area contributed by atoms with E-state index in [1.807, 2.05) is 65.6 Å². The summed E-state index contributed by atoms with van der Waals surface area (Å²) in [4.78, 5) is 15.1. The van der Waals surface area contributed by atoms with Gasteiger partial charge in [-0.15, -0.1) is 0 Å². The molecular formula is C22H28N2O3. The molecule has 0 saturated carbocycles. The third-order valence-corrected chi connectivity index (χ3v) is 4.78. The van der Waals surface area contributed by atoms with Crippen LogP contribution < -0.4 is 10.5 Å². The zero-order valence-electron chi connectivity index (χ0n) is 15.6. The highest BCUT2D eigenvalue weighted by molar-refractivity contribution is 5.82. The van der Waals surface area contributed by atoms with E-state index < -0.39 is 6.10 Å². The second-order valence-corrected chi connectivity index (χ2v) is 6.76. The molecule has 1 aliphatic heterocycles. The van der Waals surface area contributed by atoms with Crippen LogP contribution in [0.15, 0.2) is 60.7 Å². The van der Waals surface area contributed by atoms with Crippen molar-refractivity contribution in [1.82, 2.24) is 4.90 Å². The average molecular weight is 368 g/mol. The highest BCUT2D eigenvalue weighted by Gasteiger charge is 2.31. The number of carbonyl (C=O) groups is 1. The lowest BCUT2D eigenvalue weighted by Gasteiger charge is -2.34. The van der Waals surface area contributed by atoms with E-state index in [9.17, 15) is 4.79 Å². The highest BCUT2D eigenvalue weighted by atomic mass is 16.5. The number of amides is 1. The molecule has 0 aliphatic carbocycles. The minimum absolute atomic E-state index is 0.00506. The molecule has 0 radical (unpaired) electrons. The molecule has 0 bridgehead atoms. The van der Waals surface area contributed by atoms with Crippen LogP contribution in [0.5, 0.6) is 5.75 Å². The predicted octanol–water partition coefficient (Wildman–Crippen LogP) is 3.16. The smallest absolute Gasteiger partial charge is 0.268 e. The summed E-state index contributed by atoms with van der Waals surface area (Å²) in [5.41, 5.74) is 6.38. The molecule has 1 aliphatic rings. The number of rotatable bonds is 8. The zero-order valence-corrected chi connectivity index (χ0v) is 15.6. The third-order valence-electron chi connectivity index (χ3n) is 4.78. The third kappa shape index (κ3) is 5.55. The van der Waals surface area contributed by atoms with Crippen molar-refractivity contribution in [3.8, 4) is 5.75 Å². The molecule has 2 aromatic carbocycles. The van der Waals surface area contributed by atoms with Crippen molar-refractivity contribution in [1.29, 1.82) is 0 Å². The Kier molecular flexibility index (Phi) is 7.25. The van der Waals surface area contributed by atoms with E-state index in [0.717, 1.165) is 24.8 Å². The molecule has 1 heterocycles. The lowest BCUT2D eigenvalue weighted by Crippen LogP contribution is -2.44. The van der Waals surface area contributed by atoms with Crippen LogP contribution in [-0.2, 0) is 9.53 Å². The minimum Gasteiger partial charge on any atom is -0.476 e. The molecule has 2 N–H and O–H groups in total. The van der Waals surface area contributed by atoms with E-state index in [4.69, 9.17) is 15.2 Å². The fraction of sp³-hybridized carbons (Fsp3) is 0.409. The van der Waals surface area contributed by atoms with E-state index in [1.165, 1.54) is 0 Å². The summed E-state index contributed by atoms with van der Waals surface area (Å²) < 4.78 is 11.9.